The predicted octanol–water partition coefficient (Wildman–Crippen LogP) is 8.43. The van der Waals surface area contributed by atoms with E-state index in [0.717, 1.165) is 12.8 Å². The van der Waals surface area contributed by atoms with Crippen molar-refractivity contribution in [3.05, 3.63) is 87.4 Å². The molecule has 0 N–H and O–H groups in total. The van der Waals surface area contributed by atoms with E-state index in [1.807, 2.05) is 6.07 Å². The molecule has 0 spiro atoms. The van der Waals surface area contributed by atoms with Crippen LogP contribution in [0, 0.1) is 11.3 Å². The number of halogens is 2. The summed E-state index contributed by atoms with van der Waals surface area (Å²) in [6.45, 7) is 2.70. The van der Waals surface area contributed by atoms with E-state index >= 15 is 0 Å². The van der Waals surface area contributed by atoms with Gasteiger partial charge in [-0.05, 0) is 67.1 Å². The van der Waals surface area contributed by atoms with Crippen LogP contribution < -0.4 is 14.2 Å². The van der Waals surface area contributed by atoms with E-state index in [1.165, 1.54) is 80.6 Å². The zero-order valence-electron chi connectivity index (χ0n) is 21.2. The Morgan fingerprint density at radius 1 is 0.737 bits per heavy atom. The largest absolute Gasteiger partial charge is 0.490 e. The molecule has 198 valence electrons. The quantitative estimate of drug-likeness (QED) is 0.120. The van der Waals surface area contributed by atoms with Crippen molar-refractivity contribution in [1.82, 2.24) is 0 Å². The summed E-state index contributed by atoms with van der Waals surface area (Å²) in [5.74, 6) is -0.343. The molecule has 0 heterocycles. The number of benzene rings is 3. The van der Waals surface area contributed by atoms with E-state index in [0.29, 0.717) is 23.7 Å². The van der Waals surface area contributed by atoms with Crippen molar-refractivity contribution in [3.63, 3.8) is 0 Å². The van der Waals surface area contributed by atoms with Gasteiger partial charge in [0.15, 0.2) is 5.75 Å². The molecule has 0 aliphatic rings. The van der Waals surface area contributed by atoms with E-state index < -0.39 is 11.9 Å². The summed E-state index contributed by atoms with van der Waals surface area (Å²) < 4.78 is 16.5. The van der Waals surface area contributed by atoms with Crippen LogP contribution in [0.25, 0.3) is 0 Å². The average Bonchev–Trinajstić information content (AvgIpc) is 2.92. The van der Waals surface area contributed by atoms with E-state index in [4.69, 9.17) is 42.7 Å². The van der Waals surface area contributed by atoms with E-state index in [9.17, 15) is 9.59 Å². The van der Waals surface area contributed by atoms with Gasteiger partial charge in [0, 0.05) is 0 Å². The maximum absolute atomic E-state index is 12.7. The number of rotatable bonds is 13. The molecule has 0 aliphatic carbocycles. The number of ether oxygens (including phenoxy) is 3. The predicted molar refractivity (Wildman–Crippen MR) is 147 cm³/mol. The molecule has 3 aromatic carbocycles. The molecule has 6 nitrogen and oxygen atoms in total. The number of nitrogens with zero attached hydrogens (tertiary/aromatic N) is 1. The van der Waals surface area contributed by atoms with Crippen LogP contribution in [0.3, 0.4) is 0 Å². The van der Waals surface area contributed by atoms with Gasteiger partial charge < -0.3 is 14.2 Å². The third-order valence-corrected chi connectivity index (χ3v) is 6.28. The summed E-state index contributed by atoms with van der Waals surface area (Å²) in [5, 5.41) is 9.31. The Kier molecular flexibility index (Phi) is 11.5. The maximum atomic E-state index is 12.7. The summed E-state index contributed by atoms with van der Waals surface area (Å²) in [6.07, 6.45) is 8.16. The molecule has 3 aromatic rings. The maximum Gasteiger partial charge on any atom is 0.343 e. The third kappa shape index (κ3) is 8.79. The summed E-state index contributed by atoms with van der Waals surface area (Å²) in [4.78, 5) is 25.0. The monoisotopic (exact) mass is 553 g/mol. The van der Waals surface area contributed by atoms with Crippen LogP contribution >= 0.6 is 23.2 Å². The molecule has 0 amide bonds. The number of hydrogen-bond donors (Lipinski definition) is 0. The standard InChI is InChI=1S/C30H29Cl2NO5/c1-2-3-4-5-6-7-8-17-36-28-26(31)18-23(19-27(28)32)30(35)38-25-15-11-22(12-16-25)29(34)37-24-13-9-21(20-33)10-14-24/h9-16,18-19H,2-8,17H2,1H3. The molecule has 38 heavy (non-hydrogen) atoms. The van der Waals surface area contributed by atoms with Gasteiger partial charge in [0.1, 0.15) is 11.5 Å². The van der Waals surface area contributed by atoms with Gasteiger partial charge >= 0.3 is 11.9 Å². The van der Waals surface area contributed by atoms with Gasteiger partial charge in [-0.25, -0.2) is 9.59 Å². The molecule has 0 unspecified atom stereocenters. The fourth-order valence-corrected chi connectivity index (χ4v) is 4.23. The van der Waals surface area contributed by atoms with Crippen molar-refractivity contribution in [3.8, 4) is 23.3 Å². The molecule has 0 fully saturated rings. The number of unbranched alkanes of at least 4 members (excludes halogenated alkanes) is 6. The minimum absolute atomic E-state index is 0.174. The van der Waals surface area contributed by atoms with Crippen molar-refractivity contribution in [2.24, 2.45) is 0 Å². The van der Waals surface area contributed by atoms with E-state index in [1.54, 1.807) is 12.1 Å². The SMILES string of the molecule is CCCCCCCCCOc1c(Cl)cc(C(=O)Oc2ccc(C(=O)Oc3ccc(C#N)cc3)cc2)cc1Cl. The number of hydrogen-bond acceptors (Lipinski definition) is 6. The fourth-order valence-electron chi connectivity index (χ4n) is 3.64. The molecule has 0 aliphatic heterocycles. The molecule has 0 saturated heterocycles. The summed E-state index contributed by atoms with van der Waals surface area (Å²) in [5.41, 5.74) is 0.902. The highest BCUT2D eigenvalue weighted by Crippen LogP contribution is 2.35. The lowest BCUT2D eigenvalue weighted by Gasteiger charge is -2.12. The number of carbonyl (C=O) groups excluding carboxylic acids is 2. The van der Waals surface area contributed by atoms with Crippen LogP contribution in [0.5, 0.6) is 17.2 Å². The lowest BCUT2D eigenvalue weighted by molar-refractivity contribution is 0.0730. The Morgan fingerprint density at radius 3 is 1.79 bits per heavy atom. The van der Waals surface area contributed by atoms with Crippen molar-refractivity contribution < 1.29 is 23.8 Å². The second kappa shape index (κ2) is 15.0. The Labute approximate surface area is 233 Å². The first-order chi connectivity index (χ1) is 18.4. The highest BCUT2D eigenvalue weighted by atomic mass is 35.5. The lowest BCUT2D eigenvalue weighted by atomic mass is 10.1. The Morgan fingerprint density at radius 2 is 1.24 bits per heavy atom. The molecular formula is C30H29Cl2NO5. The Hall–Kier alpha value is -3.53. The molecule has 0 saturated carbocycles. The first kappa shape index (κ1) is 29.0. The molecular weight excluding hydrogens is 525 g/mol. The van der Waals surface area contributed by atoms with Gasteiger partial charge in [0.05, 0.1) is 39.4 Å². The number of carbonyl (C=O) groups is 2. The zero-order chi connectivity index (χ0) is 27.3. The van der Waals surface area contributed by atoms with Crippen LogP contribution in [0.15, 0.2) is 60.7 Å². The van der Waals surface area contributed by atoms with E-state index in [-0.39, 0.29) is 26.9 Å². The molecule has 3 rings (SSSR count). The topological polar surface area (TPSA) is 85.6 Å². The lowest BCUT2D eigenvalue weighted by Crippen LogP contribution is -2.10. The Balaban J connectivity index is 1.51. The van der Waals surface area contributed by atoms with Crippen molar-refractivity contribution in [1.29, 1.82) is 5.26 Å². The second-order valence-corrected chi connectivity index (χ2v) is 9.49. The number of nitriles is 1. The van der Waals surface area contributed by atoms with Gasteiger partial charge in [0.25, 0.3) is 0 Å². The zero-order valence-corrected chi connectivity index (χ0v) is 22.7. The van der Waals surface area contributed by atoms with Gasteiger partial charge in [-0.3, -0.25) is 0 Å². The molecule has 0 bridgehead atoms. The van der Waals surface area contributed by atoms with Crippen LogP contribution in [0.4, 0.5) is 0 Å². The van der Waals surface area contributed by atoms with Gasteiger partial charge in [-0.1, -0.05) is 68.7 Å². The average molecular weight is 554 g/mol. The molecule has 0 radical (unpaired) electrons. The minimum atomic E-state index is -0.652. The van der Waals surface area contributed by atoms with Crippen molar-refractivity contribution in [2.45, 2.75) is 51.9 Å². The minimum Gasteiger partial charge on any atom is -0.490 e. The molecule has 8 heteroatoms. The van der Waals surface area contributed by atoms with Gasteiger partial charge in [-0.2, -0.15) is 5.26 Å². The smallest absolute Gasteiger partial charge is 0.343 e. The molecule has 0 atom stereocenters. The third-order valence-electron chi connectivity index (χ3n) is 5.72. The van der Waals surface area contributed by atoms with Crippen LogP contribution in [0.2, 0.25) is 10.0 Å². The summed E-state index contributed by atoms with van der Waals surface area (Å²) >= 11 is 12.7. The van der Waals surface area contributed by atoms with Crippen LogP contribution in [-0.2, 0) is 0 Å². The van der Waals surface area contributed by atoms with Crippen molar-refractivity contribution in [2.75, 3.05) is 6.61 Å². The van der Waals surface area contributed by atoms with Crippen LogP contribution in [0.1, 0.15) is 78.1 Å². The summed E-state index contributed by atoms with van der Waals surface area (Å²) in [6, 6.07) is 17.0. The van der Waals surface area contributed by atoms with Gasteiger partial charge in [-0.15, -0.1) is 0 Å². The van der Waals surface area contributed by atoms with Gasteiger partial charge in [0.2, 0.25) is 0 Å². The first-order valence-corrected chi connectivity index (χ1v) is 13.3. The highest BCUT2D eigenvalue weighted by Gasteiger charge is 2.17. The first-order valence-electron chi connectivity index (χ1n) is 12.6. The summed E-state index contributed by atoms with van der Waals surface area (Å²) in [7, 11) is 0. The van der Waals surface area contributed by atoms with E-state index in [2.05, 4.69) is 6.92 Å². The highest BCUT2D eigenvalue weighted by molar-refractivity contribution is 6.37. The second-order valence-electron chi connectivity index (χ2n) is 8.68. The fraction of sp³-hybridized carbons (Fsp3) is 0.300. The van der Waals surface area contributed by atoms with Crippen molar-refractivity contribution >= 4 is 35.1 Å². The normalized spacial score (nSPS) is 10.5. The van der Waals surface area contributed by atoms with Crippen LogP contribution in [-0.4, -0.2) is 18.5 Å². The Bertz CT molecular complexity index is 1240. The number of esters is 2. The molecule has 0 aromatic heterocycles.